The summed E-state index contributed by atoms with van der Waals surface area (Å²) in [6.07, 6.45) is 0. The van der Waals surface area contributed by atoms with Crippen LogP contribution >= 0.6 is 15.9 Å². The highest BCUT2D eigenvalue weighted by atomic mass is 79.9. The van der Waals surface area contributed by atoms with Crippen molar-refractivity contribution in [1.29, 1.82) is 0 Å². The van der Waals surface area contributed by atoms with Gasteiger partial charge in [0.15, 0.2) is 6.04 Å². The summed E-state index contributed by atoms with van der Waals surface area (Å²) in [6, 6.07) is 12.5. The Bertz CT molecular complexity index is 601. The van der Waals surface area contributed by atoms with E-state index in [1.54, 1.807) is 18.2 Å². The summed E-state index contributed by atoms with van der Waals surface area (Å²) in [4.78, 5) is 11.4. The third-order valence-electron chi connectivity index (χ3n) is 2.62. The van der Waals surface area contributed by atoms with Gasteiger partial charge in [-0.2, -0.15) is 0 Å². The summed E-state index contributed by atoms with van der Waals surface area (Å²) in [7, 11) is 0. The summed E-state index contributed by atoms with van der Waals surface area (Å²) in [5.74, 6) is -0.973. The highest BCUT2D eigenvalue weighted by Gasteiger charge is 2.20. The van der Waals surface area contributed by atoms with Crippen LogP contribution in [0.1, 0.15) is 11.6 Å². The first-order valence-corrected chi connectivity index (χ1v) is 6.40. The quantitative estimate of drug-likeness (QED) is 0.807. The minimum absolute atomic E-state index is 0.0395. The number of hydrogen-bond acceptors (Lipinski definition) is 3. The number of nitrogens with one attached hydrogen (secondary N) is 1. The van der Waals surface area contributed by atoms with Gasteiger partial charge in [0, 0.05) is 10.2 Å². The Labute approximate surface area is 118 Å². The lowest BCUT2D eigenvalue weighted by Crippen LogP contribution is -2.20. The third-order valence-corrected chi connectivity index (χ3v) is 3.32. The number of phenols is 1. The molecule has 98 valence electrons. The molecule has 0 fully saturated rings. The number of hydrogen-bond donors (Lipinski definition) is 3. The van der Waals surface area contributed by atoms with Crippen LogP contribution in [-0.4, -0.2) is 16.2 Å². The van der Waals surface area contributed by atoms with Crippen LogP contribution in [0.3, 0.4) is 0 Å². The number of phenolic OH excluding ortho intramolecular Hbond substituents is 1. The average Bonchev–Trinajstić information content (AvgIpc) is 2.37. The smallest absolute Gasteiger partial charge is 0.330 e. The zero-order valence-electron chi connectivity index (χ0n) is 9.88. The van der Waals surface area contributed by atoms with Crippen molar-refractivity contribution < 1.29 is 15.0 Å². The molecular weight excluding hydrogens is 310 g/mol. The van der Waals surface area contributed by atoms with Gasteiger partial charge in [0.2, 0.25) is 0 Å². The number of halogens is 1. The van der Waals surface area contributed by atoms with E-state index in [4.69, 9.17) is 0 Å². The van der Waals surface area contributed by atoms with Crippen molar-refractivity contribution >= 4 is 27.6 Å². The molecule has 0 aliphatic carbocycles. The highest BCUT2D eigenvalue weighted by Crippen LogP contribution is 2.27. The van der Waals surface area contributed by atoms with E-state index in [0.29, 0.717) is 11.3 Å². The van der Waals surface area contributed by atoms with Gasteiger partial charge in [-0.3, -0.25) is 0 Å². The molecule has 4 nitrogen and oxygen atoms in total. The molecule has 5 heteroatoms. The van der Waals surface area contributed by atoms with E-state index < -0.39 is 12.0 Å². The average molecular weight is 322 g/mol. The fourth-order valence-corrected chi connectivity index (χ4v) is 2.13. The molecule has 0 bridgehead atoms. The van der Waals surface area contributed by atoms with E-state index >= 15 is 0 Å². The van der Waals surface area contributed by atoms with E-state index in [9.17, 15) is 15.0 Å². The number of para-hydroxylation sites is 1. The summed E-state index contributed by atoms with van der Waals surface area (Å²) >= 11 is 3.36. The molecule has 0 saturated heterocycles. The van der Waals surface area contributed by atoms with Crippen LogP contribution < -0.4 is 5.32 Å². The van der Waals surface area contributed by atoms with E-state index in [2.05, 4.69) is 21.2 Å². The lowest BCUT2D eigenvalue weighted by molar-refractivity contribution is -0.138. The molecule has 0 saturated carbocycles. The number of aliphatic carboxylic acids is 1. The van der Waals surface area contributed by atoms with Gasteiger partial charge in [-0.25, -0.2) is 4.79 Å². The van der Waals surface area contributed by atoms with Crippen LogP contribution in [0.4, 0.5) is 5.69 Å². The first kappa shape index (κ1) is 13.4. The topological polar surface area (TPSA) is 69.6 Å². The van der Waals surface area contributed by atoms with Crippen LogP contribution in [-0.2, 0) is 4.79 Å². The van der Waals surface area contributed by atoms with Gasteiger partial charge >= 0.3 is 5.97 Å². The van der Waals surface area contributed by atoms with E-state index in [1.807, 2.05) is 18.2 Å². The number of carbonyl (C=O) groups is 1. The molecule has 2 aromatic carbocycles. The van der Waals surface area contributed by atoms with E-state index in [-0.39, 0.29) is 5.75 Å². The molecule has 19 heavy (non-hydrogen) atoms. The van der Waals surface area contributed by atoms with Gasteiger partial charge in [0.1, 0.15) is 5.75 Å². The Morgan fingerprint density at radius 1 is 1.16 bits per heavy atom. The highest BCUT2D eigenvalue weighted by molar-refractivity contribution is 9.10. The maximum Gasteiger partial charge on any atom is 0.330 e. The van der Waals surface area contributed by atoms with Gasteiger partial charge in [-0.15, -0.1) is 0 Å². The maximum atomic E-state index is 11.4. The molecule has 1 unspecified atom stereocenters. The lowest BCUT2D eigenvalue weighted by Gasteiger charge is -2.17. The van der Waals surface area contributed by atoms with Gasteiger partial charge < -0.3 is 15.5 Å². The van der Waals surface area contributed by atoms with Crippen LogP contribution in [0.2, 0.25) is 0 Å². The predicted molar refractivity (Wildman–Crippen MR) is 76.2 cm³/mol. The zero-order chi connectivity index (χ0) is 13.8. The van der Waals surface area contributed by atoms with Crippen molar-refractivity contribution in [1.82, 2.24) is 0 Å². The van der Waals surface area contributed by atoms with Crippen LogP contribution in [0.25, 0.3) is 0 Å². The predicted octanol–water partition coefficient (Wildman–Crippen LogP) is 3.39. The van der Waals surface area contributed by atoms with Crippen molar-refractivity contribution in [2.45, 2.75) is 6.04 Å². The first-order valence-electron chi connectivity index (χ1n) is 5.61. The Morgan fingerprint density at radius 2 is 1.89 bits per heavy atom. The van der Waals surface area contributed by atoms with Crippen LogP contribution in [0.5, 0.6) is 5.75 Å². The maximum absolute atomic E-state index is 11.4. The zero-order valence-corrected chi connectivity index (χ0v) is 11.5. The SMILES string of the molecule is O=C(O)C(Nc1ccccc1Br)c1cccc(O)c1. The molecule has 1 atom stereocenters. The minimum atomic E-state index is -1.01. The van der Waals surface area contributed by atoms with E-state index in [0.717, 1.165) is 4.47 Å². The Kier molecular flexibility index (Phi) is 4.06. The number of aromatic hydroxyl groups is 1. The first-order chi connectivity index (χ1) is 9.08. The second-order valence-corrected chi connectivity index (χ2v) is 4.84. The normalized spacial score (nSPS) is 11.8. The third kappa shape index (κ3) is 3.26. The van der Waals surface area contributed by atoms with Crippen molar-refractivity contribution in [3.8, 4) is 5.75 Å². The van der Waals surface area contributed by atoms with Crippen molar-refractivity contribution in [2.24, 2.45) is 0 Å². The Hall–Kier alpha value is -2.01. The molecule has 0 heterocycles. The Morgan fingerprint density at radius 3 is 2.53 bits per heavy atom. The van der Waals surface area contributed by atoms with Crippen molar-refractivity contribution in [3.63, 3.8) is 0 Å². The minimum Gasteiger partial charge on any atom is -0.508 e. The van der Waals surface area contributed by atoms with Gasteiger partial charge in [-0.05, 0) is 45.8 Å². The number of anilines is 1. The molecule has 2 rings (SSSR count). The second-order valence-electron chi connectivity index (χ2n) is 3.99. The number of rotatable bonds is 4. The molecule has 3 N–H and O–H groups in total. The van der Waals surface area contributed by atoms with Crippen LogP contribution in [0.15, 0.2) is 53.0 Å². The molecule has 0 aliphatic heterocycles. The van der Waals surface area contributed by atoms with Gasteiger partial charge in [0.25, 0.3) is 0 Å². The second kappa shape index (κ2) is 5.75. The Balaban J connectivity index is 2.32. The standard InChI is InChI=1S/C14H12BrNO3/c15-11-6-1-2-7-12(11)16-13(14(18)19)9-4-3-5-10(17)8-9/h1-8,13,16-17H,(H,18,19). The van der Waals surface area contributed by atoms with Crippen molar-refractivity contribution in [2.75, 3.05) is 5.32 Å². The van der Waals surface area contributed by atoms with Crippen LogP contribution in [0, 0.1) is 0 Å². The number of benzene rings is 2. The molecule has 0 aromatic heterocycles. The summed E-state index contributed by atoms with van der Waals surface area (Å²) in [5, 5.41) is 21.7. The van der Waals surface area contributed by atoms with E-state index in [1.165, 1.54) is 12.1 Å². The fraction of sp³-hybridized carbons (Fsp3) is 0.0714. The lowest BCUT2D eigenvalue weighted by atomic mass is 10.1. The largest absolute Gasteiger partial charge is 0.508 e. The molecule has 2 aromatic rings. The fourth-order valence-electron chi connectivity index (χ4n) is 1.73. The number of carboxylic acid groups (broad SMARTS) is 1. The summed E-state index contributed by atoms with van der Waals surface area (Å²) < 4.78 is 0.779. The van der Waals surface area contributed by atoms with Crippen molar-refractivity contribution in [3.05, 3.63) is 58.6 Å². The number of carboxylic acids is 1. The summed E-state index contributed by atoms with van der Waals surface area (Å²) in [5.41, 5.74) is 1.17. The molecule has 0 spiro atoms. The van der Waals surface area contributed by atoms with Gasteiger partial charge in [-0.1, -0.05) is 24.3 Å². The molecular formula is C14H12BrNO3. The molecule has 0 amide bonds. The molecule has 0 aliphatic rings. The summed E-state index contributed by atoms with van der Waals surface area (Å²) in [6.45, 7) is 0. The monoisotopic (exact) mass is 321 g/mol. The van der Waals surface area contributed by atoms with Gasteiger partial charge in [0.05, 0.1) is 0 Å². The molecule has 0 radical (unpaired) electrons.